The number of hydrogen-bond acceptors (Lipinski definition) is 5. The average Bonchev–Trinajstić information content (AvgIpc) is 3.39. The van der Waals surface area contributed by atoms with Crippen molar-refractivity contribution in [1.29, 1.82) is 0 Å². The number of methoxy groups -OCH3 is 2. The molecule has 3 aromatic rings. The summed E-state index contributed by atoms with van der Waals surface area (Å²) < 4.78 is 10.4. The van der Waals surface area contributed by atoms with Crippen LogP contribution in [0, 0.1) is 0 Å². The standard InChI is InChI=1S/C23H23N3O4S/c1-23(2)19(20(27)25-13-5-7-15-12(11-13)9-10-24-15)26-21(28)17-14(22(26)31-23)6-8-16(29-3)18(17)30-4/h5-11,19,22,24H,1-4H3,(H,25,27)/t19-,22-/m0/s1. The number of nitrogens with one attached hydrogen (secondary N) is 2. The predicted molar refractivity (Wildman–Crippen MR) is 121 cm³/mol. The smallest absolute Gasteiger partial charge is 0.260 e. The molecule has 5 rings (SSSR count). The molecule has 0 spiro atoms. The Morgan fingerprint density at radius 1 is 1.16 bits per heavy atom. The first-order chi connectivity index (χ1) is 14.9. The number of ether oxygens (including phenoxy) is 2. The summed E-state index contributed by atoms with van der Waals surface area (Å²) in [4.78, 5) is 31.8. The maximum atomic E-state index is 13.5. The van der Waals surface area contributed by atoms with E-state index in [0.717, 1.165) is 16.5 Å². The van der Waals surface area contributed by atoms with E-state index in [1.807, 2.05) is 56.4 Å². The van der Waals surface area contributed by atoms with E-state index in [1.54, 1.807) is 23.8 Å². The summed E-state index contributed by atoms with van der Waals surface area (Å²) in [5, 5.41) is 3.78. The van der Waals surface area contributed by atoms with Gasteiger partial charge in [0.25, 0.3) is 5.91 Å². The van der Waals surface area contributed by atoms with Gasteiger partial charge < -0.3 is 24.7 Å². The second-order valence-electron chi connectivity index (χ2n) is 8.22. The molecule has 1 saturated heterocycles. The third-order valence-corrected chi connectivity index (χ3v) is 7.50. The second kappa shape index (κ2) is 6.95. The summed E-state index contributed by atoms with van der Waals surface area (Å²) in [5.74, 6) is 0.493. The van der Waals surface area contributed by atoms with Gasteiger partial charge in [0.15, 0.2) is 11.5 Å². The summed E-state index contributed by atoms with van der Waals surface area (Å²) in [5.41, 5.74) is 3.02. The zero-order chi connectivity index (χ0) is 21.9. The molecule has 0 aliphatic carbocycles. The fourth-order valence-corrected chi connectivity index (χ4v) is 6.18. The van der Waals surface area contributed by atoms with Crippen LogP contribution in [0.1, 0.15) is 35.1 Å². The van der Waals surface area contributed by atoms with E-state index in [2.05, 4.69) is 10.3 Å². The van der Waals surface area contributed by atoms with Crippen molar-refractivity contribution in [3.63, 3.8) is 0 Å². The first-order valence-corrected chi connectivity index (χ1v) is 10.9. The summed E-state index contributed by atoms with van der Waals surface area (Å²) in [6, 6.07) is 10.7. The van der Waals surface area contributed by atoms with Gasteiger partial charge in [0, 0.05) is 33.1 Å². The molecule has 2 aromatic carbocycles. The van der Waals surface area contributed by atoms with Crippen molar-refractivity contribution in [3.05, 3.63) is 53.7 Å². The quantitative estimate of drug-likeness (QED) is 0.640. The van der Waals surface area contributed by atoms with E-state index in [4.69, 9.17) is 9.47 Å². The summed E-state index contributed by atoms with van der Waals surface area (Å²) >= 11 is 1.61. The minimum atomic E-state index is -0.639. The van der Waals surface area contributed by atoms with Crippen LogP contribution < -0.4 is 14.8 Å². The monoisotopic (exact) mass is 437 g/mol. The third-order valence-electron chi connectivity index (χ3n) is 5.97. The van der Waals surface area contributed by atoms with Crippen LogP contribution in [0.2, 0.25) is 0 Å². The molecule has 2 aliphatic heterocycles. The highest BCUT2D eigenvalue weighted by Crippen LogP contribution is 2.58. The van der Waals surface area contributed by atoms with Gasteiger partial charge in [0.1, 0.15) is 11.4 Å². The molecule has 2 N–H and O–H groups in total. The normalized spacial score (nSPS) is 21.2. The molecule has 1 fully saturated rings. The number of anilines is 1. The Bertz CT molecular complexity index is 1220. The Morgan fingerprint density at radius 2 is 1.97 bits per heavy atom. The number of H-pyrrole nitrogens is 1. The highest BCUT2D eigenvalue weighted by atomic mass is 32.2. The van der Waals surface area contributed by atoms with Gasteiger partial charge >= 0.3 is 0 Å². The fourth-order valence-electron chi connectivity index (χ4n) is 4.60. The molecule has 160 valence electrons. The van der Waals surface area contributed by atoms with Gasteiger partial charge in [0.05, 0.1) is 19.8 Å². The van der Waals surface area contributed by atoms with Crippen LogP contribution in [0.5, 0.6) is 11.5 Å². The van der Waals surface area contributed by atoms with E-state index in [0.29, 0.717) is 22.7 Å². The van der Waals surface area contributed by atoms with Crippen LogP contribution in [0.15, 0.2) is 42.6 Å². The van der Waals surface area contributed by atoms with Crippen LogP contribution in [0.3, 0.4) is 0 Å². The van der Waals surface area contributed by atoms with Crippen LogP contribution in [-0.2, 0) is 4.79 Å². The predicted octanol–water partition coefficient (Wildman–Crippen LogP) is 4.17. The number of carbonyl (C=O) groups is 2. The number of thioether (sulfide) groups is 1. The van der Waals surface area contributed by atoms with Crippen LogP contribution in [-0.4, -0.2) is 46.7 Å². The van der Waals surface area contributed by atoms with Crippen molar-refractivity contribution >= 4 is 40.2 Å². The van der Waals surface area contributed by atoms with E-state index in [1.165, 1.54) is 7.11 Å². The SMILES string of the molecule is COc1ccc2c(c1OC)C(=O)N1[C@@H](C(=O)Nc3ccc4[nH]ccc4c3)C(C)(C)S[C@@H]21. The van der Waals surface area contributed by atoms with E-state index in [-0.39, 0.29) is 17.2 Å². The molecule has 1 aromatic heterocycles. The molecule has 0 radical (unpaired) electrons. The molecule has 0 unspecified atom stereocenters. The maximum absolute atomic E-state index is 13.5. The molecule has 2 atom stereocenters. The van der Waals surface area contributed by atoms with Crippen LogP contribution in [0.25, 0.3) is 10.9 Å². The Hall–Kier alpha value is -3.13. The minimum absolute atomic E-state index is 0.207. The molecular weight excluding hydrogens is 414 g/mol. The molecule has 3 heterocycles. The molecular formula is C23H23N3O4S. The zero-order valence-corrected chi connectivity index (χ0v) is 18.5. The number of rotatable bonds is 4. The lowest BCUT2D eigenvalue weighted by atomic mass is 10.0. The largest absolute Gasteiger partial charge is 0.493 e. The van der Waals surface area contributed by atoms with Gasteiger partial charge in [-0.15, -0.1) is 11.8 Å². The molecule has 7 nitrogen and oxygen atoms in total. The van der Waals surface area contributed by atoms with Gasteiger partial charge in [-0.05, 0) is 44.2 Å². The Morgan fingerprint density at radius 3 is 2.71 bits per heavy atom. The lowest BCUT2D eigenvalue weighted by Gasteiger charge is -2.29. The van der Waals surface area contributed by atoms with E-state index >= 15 is 0 Å². The first kappa shape index (κ1) is 19.8. The Labute approximate surface area is 184 Å². The van der Waals surface area contributed by atoms with E-state index < -0.39 is 10.8 Å². The summed E-state index contributed by atoms with van der Waals surface area (Å²) in [7, 11) is 3.06. The summed E-state index contributed by atoms with van der Waals surface area (Å²) in [6.45, 7) is 4.01. The molecule has 2 aliphatic rings. The number of benzene rings is 2. The average molecular weight is 438 g/mol. The van der Waals surface area contributed by atoms with Gasteiger partial charge in [-0.2, -0.15) is 0 Å². The molecule has 31 heavy (non-hydrogen) atoms. The molecule has 0 saturated carbocycles. The summed E-state index contributed by atoms with van der Waals surface area (Å²) in [6.07, 6.45) is 1.86. The number of fused-ring (bicyclic) bond motifs is 4. The Balaban J connectivity index is 1.51. The van der Waals surface area contributed by atoms with Crippen molar-refractivity contribution in [1.82, 2.24) is 9.88 Å². The first-order valence-electron chi connectivity index (χ1n) is 9.99. The Kier molecular flexibility index (Phi) is 4.44. The van der Waals surface area contributed by atoms with Gasteiger partial charge in [-0.1, -0.05) is 6.07 Å². The van der Waals surface area contributed by atoms with Crippen LogP contribution in [0.4, 0.5) is 5.69 Å². The second-order valence-corrected chi connectivity index (χ2v) is 9.96. The number of amides is 2. The van der Waals surface area contributed by atoms with Crippen LogP contribution >= 0.6 is 11.8 Å². The third kappa shape index (κ3) is 2.89. The molecule has 8 heteroatoms. The minimum Gasteiger partial charge on any atom is -0.493 e. The lowest BCUT2D eigenvalue weighted by molar-refractivity contribution is -0.121. The molecule has 0 bridgehead atoms. The number of carbonyl (C=O) groups excluding carboxylic acids is 2. The van der Waals surface area contributed by atoms with Crippen molar-refractivity contribution < 1.29 is 19.1 Å². The van der Waals surface area contributed by atoms with Crippen molar-refractivity contribution in [3.8, 4) is 11.5 Å². The number of aromatic amines is 1. The van der Waals surface area contributed by atoms with Gasteiger partial charge in [-0.3, -0.25) is 9.59 Å². The van der Waals surface area contributed by atoms with Gasteiger partial charge in [-0.25, -0.2) is 0 Å². The van der Waals surface area contributed by atoms with Crippen molar-refractivity contribution in [2.45, 2.75) is 30.0 Å². The topological polar surface area (TPSA) is 83.7 Å². The lowest BCUT2D eigenvalue weighted by Crippen LogP contribution is -2.50. The number of nitrogens with zero attached hydrogens (tertiary/aromatic N) is 1. The zero-order valence-electron chi connectivity index (χ0n) is 17.7. The number of hydrogen-bond donors (Lipinski definition) is 2. The van der Waals surface area contributed by atoms with E-state index in [9.17, 15) is 9.59 Å². The fraction of sp³-hybridized carbons (Fsp3) is 0.304. The van der Waals surface area contributed by atoms with Gasteiger partial charge in [0.2, 0.25) is 5.91 Å². The highest BCUT2D eigenvalue weighted by Gasteiger charge is 2.58. The maximum Gasteiger partial charge on any atom is 0.260 e. The van der Waals surface area contributed by atoms with Crippen molar-refractivity contribution in [2.24, 2.45) is 0 Å². The molecule has 2 amide bonds. The highest BCUT2D eigenvalue weighted by molar-refractivity contribution is 8.01. The van der Waals surface area contributed by atoms with Crippen molar-refractivity contribution in [2.75, 3.05) is 19.5 Å². The number of aromatic nitrogens is 1.